The topological polar surface area (TPSA) is 60.8 Å². The molecule has 1 saturated heterocycles. The molecule has 0 unspecified atom stereocenters. The van der Waals surface area contributed by atoms with Gasteiger partial charge in [-0.3, -0.25) is 4.79 Å². The molecule has 0 radical (unpaired) electrons. The van der Waals surface area contributed by atoms with E-state index >= 15 is 0 Å². The Labute approximate surface area is 215 Å². The summed E-state index contributed by atoms with van der Waals surface area (Å²) in [4.78, 5) is 26.6. The lowest BCUT2D eigenvalue weighted by atomic mass is 9.94. The van der Waals surface area contributed by atoms with Crippen molar-refractivity contribution < 1.29 is 19.1 Å². The van der Waals surface area contributed by atoms with Crippen LogP contribution in [0.1, 0.15) is 44.0 Å². The number of rotatable bonds is 8. The fourth-order valence-corrected chi connectivity index (χ4v) is 5.19. The van der Waals surface area contributed by atoms with Crippen molar-refractivity contribution in [2.45, 2.75) is 53.1 Å². The summed E-state index contributed by atoms with van der Waals surface area (Å²) in [6.07, 6.45) is 0.498. The summed E-state index contributed by atoms with van der Waals surface area (Å²) in [5, 5.41) is 1.14. The number of nitrogens with zero attached hydrogens (tertiary/aromatic N) is 2. The van der Waals surface area contributed by atoms with Crippen molar-refractivity contribution in [3.63, 3.8) is 0 Å². The van der Waals surface area contributed by atoms with Gasteiger partial charge in [0.2, 0.25) is 5.91 Å². The van der Waals surface area contributed by atoms with Crippen LogP contribution in [0.5, 0.6) is 5.75 Å². The maximum atomic E-state index is 13.1. The highest BCUT2D eigenvalue weighted by atomic mass is 79.9. The molecular weight excluding hydrogens is 508 g/mol. The molecule has 0 aliphatic carbocycles. The summed E-state index contributed by atoms with van der Waals surface area (Å²) in [6, 6.07) is 14.3. The molecule has 186 valence electrons. The largest absolute Gasteiger partial charge is 0.497 e. The molecule has 6 nitrogen and oxygen atoms in total. The Morgan fingerprint density at radius 2 is 1.89 bits per heavy atom. The smallest absolute Gasteiger partial charge is 0.416 e. The molecule has 4 rings (SSSR count). The third kappa shape index (κ3) is 5.25. The lowest BCUT2D eigenvalue weighted by Crippen LogP contribution is -2.42. The van der Waals surface area contributed by atoms with Gasteiger partial charge in [-0.05, 0) is 66.6 Å². The molecule has 2 aromatic carbocycles. The Bertz CT molecular complexity index is 1230. The minimum absolute atomic E-state index is 0.0559. The third-order valence-corrected chi connectivity index (χ3v) is 7.46. The molecule has 2 heterocycles. The molecular formula is C28H33BrN2O4. The lowest BCUT2D eigenvalue weighted by molar-refractivity contribution is -0.130. The van der Waals surface area contributed by atoms with Crippen LogP contribution in [0.2, 0.25) is 0 Å². The fraction of sp³-hybridized carbons (Fsp3) is 0.429. The number of carbonyl (C=O) groups is 2. The minimum atomic E-state index is -0.520. The molecule has 0 spiro atoms. The van der Waals surface area contributed by atoms with Gasteiger partial charge in [-0.2, -0.15) is 0 Å². The van der Waals surface area contributed by atoms with Crippen molar-refractivity contribution in [3.05, 3.63) is 63.8 Å². The van der Waals surface area contributed by atoms with Crippen molar-refractivity contribution >= 4 is 38.8 Å². The Hall–Kier alpha value is -2.80. The maximum Gasteiger partial charge on any atom is 0.416 e. The van der Waals surface area contributed by atoms with Crippen LogP contribution >= 0.6 is 15.9 Å². The van der Waals surface area contributed by atoms with Gasteiger partial charge in [0, 0.05) is 34.0 Å². The van der Waals surface area contributed by atoms with Gasteiger partial charge in [-0.1, -0.05) is 48.8 Å². The van der Waals surface area contributed by atoms with Crippen LogP contribution in [0.4, 0.5) is 4.79 Å². The number of cyclic esters (lactones) is 1. The first-order valence-electron chi connectivity index (χ1n) is 12.1. The Kier molecular flexibility index (Phi) is 7.55. The van der Waals surface area contributed by atoms with E-state index in [1.54, 1.807) is 7.11 Å². The van der Waals surface area contributed by atoms with Crippen LogP contribution in [0, 0.1) is 18.8 Å². The summed E-state index contributed by atoms with van der Waals surface area (Å²) in [6.45, 7) is 9.26. The number of ether oxygens (including phenoxy) is 2. The third-order valence-electron chi connectivity index (χ3n) is 6.94. The number of carbonyl (C=O) groups excluding carboxylic acids is 2. The Morgan fingerprint density at radius 1 is 1.17 bits per heavy atom. The zero-order valence-corrected chi connectivity index (χ0v) is 22.6. The van der Waals surface area contributed by atoms with E-state index in [4.69, 9.17) is 9.47 Å². The zero-order chi connectivity index (χ0) is 25.3. The second kappa shape index (κ2) is 10.4. The first-order valence-corrected chi connectivity index (χ1v) is 12.9. The second-order valence-corrected chi connectivity index (χ2v) is 10.7. The molecule has 3 aromatic rings. The molecule has 0 bridgehead atoms. The number of fused-ring (bicyclic) bond motifs is 1. The molecule has 0 N–H and O–H groups in total. The number of hydrogen-bond donors (Lipinski definition) is 0. The predicted octanol–water partition coefficient (Wildman–Crippen LogP) is 6.34. The number of hydrogen-bond acceptors (Lipinski definition) is 4. The van der Waals surface area contributed by atoms with Gasteiger partial charge in [0.1, 0.15) is 12.4 Å². The molecule has 1 fully saturated rings. The van der Waals surface area contributed by atoms with Crippen LogP contribution in [0.3, 0.4) is 0 Å². The number of aromatic nitrogens is 1. The van der Waals surface area contributed by atoms with Crippen LogP contribution < -0.4 is 4.74 Å². The van der Waals surface area contributed by atoms with Gasteiger partial charge in [0.05, 0.1) is 13.2 Å². The van der Waals surface area contributed by atoms with E-state index in [1.807, 2.05) is 19.9 Å². The van der Waals surface area contributed by atoms with Crippen LogP contribution in [0.25, 0.3) is 10.9 Å². The van der Waals surface area contributed by atoms with Gasteiger partial charge >= 0.3 is 6.09 Å². The number of halogens is 1. The molecule has 1 aliphatic rings. The highest BCUT2D eigenvalue weighted by Gasteiger charge is 2.39. The van der Waals surface area contributed by atoms with Gasteiger partial charge < -0.3 is 14.0 Å². The summed E-state index contributed by atoms with van der Waals surface area (Å²) < 4.78 is 14.1. The van der Waals surface area contributed by atoms with Crippen molar-refractivity contribution in [2.75, 3.05) is 13.7 Å². The van der Waals surface area contributed by atoms with Crippen LogP contribution in [-0.2, 0) is 22.5 Å². The normalized spacial score (nSPS) is 16.7. The van der Waals surface area contributed by atoms with Crippen molar-refractivity contribution in [1.82, 2.24) is 9.47 Å². The lowest BCUT2D eigenvalue weighted by Gasteiger charge is -2.24. The van der Waals surface area contributed by atoms with Gasteiger partial charge in [0.15, 0.2) is 0 Å². The molecule has 0 saturated carbocycles. The SMILES string of the molecule is COc1ccc2c(c1)c(C[C@H](C)CC(=O)N1C(=O)OC[C@H]1C(C)C)c(C)n2Cc1ccc(Br)cc1. The predicted molar refractivity (Wildman–Crippen MR) is 141 cm³/mol. The van der Waals surface area contributed by atoms with Crippen molar-refractivity contribution in [2.24, 2.45) is 11.8 Å². The quantitative estimate of drug-likeness (QED) is 0.334. The molecule has 1 aliphatic heterocycles. The fourth-order valence-electron chi connectivity index (χ4n) is 4.92. The summed E-state index contributed by atoms with van der Waals surface area (Å²) >= 11 is 3.51. The van der Waals surface area contributed by atoms with E-state index in [-0.39, 0.29) is 30.4 Å². The monoisotopic (exact) mass is 540 g/mol. The van der Waals surface area contributed by atoms with E-state index in [2.05, 4.69) is 70.7 Å². The van der Waals surface area contributed by atoms with Crippen molar-refractivity contribution in [1.29, 1.82) is 0 Å². The molecule has 7 heteroatoms. The van der Waals surface area contributed by atoms with Gasteiger partial charge in [-0.25, -0.2) is 9.69 Å². The minimum Gasteiger partial charge on any atom is -0.497 e. The first-order chi connectivity index (χ1) is 16.7. The van der Waals surface area contributed by atoms with E-state index in [1.165, 1.54) is 21.7 Å². The van der Waals surface area contributed by atoms with Gasteiger partial charge in [-0.15, -0.1) is 0 Å². The molecule has 1 aromatic heterocycles. The summed E-state index contributed by atoms with van der Waals surface area (Å²) in [5.41, 5.74) is 4.74. The first kappa shape index (κ1) is 25.3. The van der Waals surface area contributed by atoms with Gasteiger partial charge in [0.25, 0.3) is 0 Å². The Morgan fingerprint density at radius 3 is 2.54 bits per heavy atom. The van der Waals surface area contributed by atoms with Crippen LogP contribution in [-0.4, -0.2) is 41.2 Å². The standard InChI is InChI=1S/C28H33BrN2O4/c1-17(2)26-16-35-28(33)31(26)27(32)13-18(3)12-23-19(4)30(15-20-6-8-21(29)9-7-20)25-11-10-22(34-5)14-24(23)25/h6-11,14,17-18,26H,12-13,15-16H2,1-5H3/t18-,26-/m0/s1. The summed E-state index contributed by atoms with van der Waals surface area (Å²) in [5.74, 6) is 0.864. The van der Waals surface area contributed by atoms with E-state index in [0.717, 1.165) is 34.1 Å². The number of benzene rings is 2. The molecule has 2 amide bonds. The average molecular weight is 541 g/mol. The van der Waals surface area contributed by atoms with E-state index in [9.17, 15) is 9.59 Å². The highest BCUT2D eigenvalue weighted by molar-refractivity contribution is 9.10. The molecule has 35 heavy (non-hydrogen) atoms. The zero-order valence-electron chi connectivity index (χ0n) is 21.0. The summed E-state index contributed by atoms with van der Waals surface area (Å²) in [7, 11) is 1.67. The van der Waals surface area contributed by atoms with Crippen molar-refractivity contribution in [3.8, 4) is 5.75 Å². The highest BCUT2D eigenvalue weighted by Crippen LogP contribution is 2.33. The Balaban J connectivity index is 1.61. The number of methoxy groups -OCH3 is 1. The van der Waals surface area contributed by atoms with E-state index in [0.29, 0.717) is 6.42 Å². The molecule has 2 atom stereocenters. The average Bonchev–Trinajstić information content (AvgIpc) is 3.33. The number of imide groups is 1. The maximum absolute atomic E-state index is 13.1. The van der Waals surface area contributed by atoms with E-state index < -0.39 is 6.09 Å². The van der Waals surface area contributed by atoms with Crippen LogP contribution in [0.15, 0.2) is 46.9 Å². The number of amides is 2. The second-order valence-electron chi connectivity index (χ2n) is 9.83.